The number of carbonyl (C=O) groups is 1. The Kier molecular flexibility index (Phi) is 9.21. The Morgan fingerprint density at radius 2 is 1.97 bits per heavy atom. The average molecular weight is 509 g/mol. The van der Waals surface area contributed by atoms with E-state index in [1.54, 1.807) is 56.3 Å². The number of rotatable bonds is 10. The zero-order valence-corrected chi connectivity index (χ0v) is 21.3. The molecule has 188 valence electrons. The Morgan fingerprint density at radius 3 is 2.58 bits per heavy atom. The van der Waals surface area contributed by atoms with Crippen LogP contribution < -0.4 is 10.5 Å². The van der Waals surface area contributed by atoms with Gasteiger partial charge in [-0.15, -0.1) is 0 Å². The minimum Gasteiger partial charge on any atom is -0.457 e. The van der Waals surface area contributed by atoms with Crippen LogP contribution >= 0.6 is 11.8 Å². The first-order valence-corrected chi connectivity index (χ1v) is 12.1. The van der Waals surface area contributed by atoms with E-state index in [0.717, 1.165) is 11.8 Å². The molecule has 7 nitrogen and oxygen atoms in total. The van der Waals surface area contributed by atoms with Gasteiger partial charge < -0.3 is 20.5 Å². The average Bonchev–Trinajstić information content (AvgIpc) is 2.83. The van der Waals surface area contributed by atoms with Crippen LogP contribution in [0.1, 0.15) is 40.7 Å². The molecule has 2 aromatic carbocycles. The molecule has 0 aliphatic carbocycles. The third-order valence-corrected chi connectivity index (χ3v) is 6.55. The van der Waals surface area contributed by atoms with Gasteiger partial charge in [0.2, 0.25) is 5.12 Å². The van der Waals surface area contributed by atoms with Gasteiger partial charge in [0.05, 0.1) is 12.1 Å². The van der Waals surface area contributed by atoms with Crippen molar-refractivity contribution in [2.45, 2.75) is 33.7 Å². The van der Waals surface area contributed by atoms with Crippen molar-refractivity contribution in [1.82, 2.24) is 14.9 Å². The predicted octanol–water partition coefficient (Wildman–Crippen LogP) is 5.74. The number of ether oxygens (including phenoxy) is 1. The van der Waals surface area contributed by atoms with E-state index in [2.05, 4.69) is 16.5 Å². The van der Waals surface area contributed by atoms with Crippen LogP contribution in [0.25, 0.3) is 0 Å². The molecule has 1 aromatic heterocycles. The maximum absolute atomic E-state index is 15.1. The zero-order chi connectivity index (χ0) is 26.2. The SMILES string of the molecule is C=CN(Cc1cnc(C)nc1N)/C(C)=C(/CCO)SC(=O)c1c(C)cc(Oc2ccccc2)cc1F. The van der Waals surface area contributed by atoms with Crippen LogP contribution in [0, 0.1) is 19.7 Å². The first-order valence-electron chi connectivity index (χ1n) is 11.3. The second kappa shape index (κ2) is 12.3. The van der Waals surface area contributed by atoms with Crippen molar-refractivity contribution in [2.75, 3.05) is 12.3 Å². The third kappa shape index (κ3) is 6.71. The van der Waals surface area contributed by atoms with Crippen LogP contribution in [0.3, 0.4) is 0 Å². The molecule has 0 saturated carbocycles. The van der Waals surface area contributed by atoms with E-state index in [1.807, 2.05) is 18.2 Å². The summed E-state index contributed by atoms with van der Waals surface area (Å²) >= 11 is 0.878. The highest BCUT2D eigenvalue weighted by atomic mass is 32.2. The maximum Gasteiger partial charge on any atom is 0.227 e. The number of hydrogen-bond acceptors (Lipinski definition) is 8. The Balaban J connectivity index is 1.85. The third-order valence-electron chi connectivity index (χ3n) is 5.41. The summed E-state index contributed by atoms with van der Waals surface area (Å²) in [7, 11) is 0. The first kappa shape index (κ1) is 26.9. The summed E-state index contributed by atoms with van der Waals surface area (Å²) in [6.45, 7) is 9.21. The monoisotopic (exact) mass is 508 g/mol. The quantitative estimate of drug-likeness (QED) is 0.357. The van der Waals surface area contributed by atoms with Gasteiger partial charge in [0.1, 0.15) is 29.0 Å². The molecule has 0 bridgehead atoms. The number of benzene rings is 2. The van der Waals surface area contributed by atoms with E-state index >= 15 is 4.39 Å². The van der Waals surface area contributed by atoms with E-state index < -0.39 is 10.9 Å². The molecule has 3 N–H and O–H groups in total. The van der Waals surface area contributed by atoms with Crippen molar-refractivity contribution >= 4 is 22.7 Å². The van der Waals surface area contributed by atoms with Crippen molar-refractivity contribution < 1.29 is 19.0 Å². The summed E-state index contributed by atoms with van der Waals surface area (Å²) in [5.74, 6) is 1.11. The van der Waals surface area contributed by atoms with Gasteiger partial charge in [-0.1, -0.05) is 24.8 Å². The van der Waals surface area contributed by atoms with Crippen LogP contribution in [-0.4, -0.2) is 31.7 Å². The number of aliphatic hydroxyl groups excluding tert-OH is 1. The van der Waals surface area contributed by atoms with Crippen LogP contribution in [0.4, 0.5) is 10.2 Å². The van der Waals surface area contributed by atoms with Gasteiger partial charge >= 0.3 is 0 Å². The second-order valence-electron chi connectivity index (χ2n) is 8.02. The summed E-state index contributed by atoms with van der Waals surface area (Å²) in [5.41, 5.74) is 7.81. The van der Waals surface area contributed by atoms with E-state index in [0.29, 0.717) is 51.4 Å². The molecule has 0 saturated heterocycles. The lowest BCUT2D eigenvalue weighted by Gasteiger charge is -2.24. The lowest BCUT2D eigenvalue weighted by molar-refractivity contribution is 0.108. The predicted molar refractivity (Wildman–Crippen MR) is 141 cm³/mol. The van der Waals surface area contributed by atoms with Crippen LogP contribution in [0.15, 0.2) is 72.0 Å². The molecular formula is C27H29FN4O3S. The van der Waals surface area contributed by atoms with Gasteiger partial charge in [0.15, 0.2) is 0 Å². The molecule has 3 aromatic rings. The first-order chi connectivity index (χ1) is 17.2. The number of aromatic nitrogens is 2. The largest absolute Gasteiger partial charge is 0.457 e. The zero-order valence-electron chi connectivity index (χ0n) is 20.5. The molecule has 0 aliphatic heterocycles. The number of halogens is 1. The molecule has 0 spiro atoms. The Hall–Kier alpha value is -3.69. The molecular weight excluding hydrogens is 479 g/mol. The van der Waals surface area contributed by atoms with E-state index in [-0.39, 0.29) is 18.6 Å². The molecule has 0 fully saturated rings. The molecule has 1 heterocycles. The number of allylic oxidation sites excluding steroid dienone is 1. The van der Waals surface area contributed by atoms with Gasteiger partial charge in [-0.2, -0.15) is 0 Å². The maximum atomic E-state index is 15.1. The minimum atomic E-state index is -0.676. The summed E-state index contributed by atoms with van der Waals surface area (Å²) < 4.78 is 20.8. The number of nitrogens with two attached hydrogens (primary N) is 1. The van der Waals surface area contributed by atoms with Crippen molar-refractivity contribution in [3.05, 3.63) is 100 Å². The minimum absolute atomic E-state index is 0.0371. The van der Waals surface area contributed by atoms with Crippen molar-refractivity contribution in [1.29, 1.82) is 0 Å². The number of hydrogen-bond donors (Lipinski definition) is 2. The fraction of sp³-hybridized carbons (Fsp3) is 0.222. The normalized spacial score (nSPS) is 11.6. The summed E-state index contributed by atoms with van der Waals surface area (Å²) in [5, 5.41) is 9.17. The fourth-order valence-electron chi connectivity index (χ4n) is 3.52. The molecule has 0 amide bonds. The van der Waals surface area contributed by atoms with Crippen molar-refractivity contribution in [3.63, 3.8) is 0 Å². The molecule has 3 rings (SSSR count). The van der Waals surface area contributed by atoms with Gasteiger partial charge in [0, 0.05) is 41.5 Å². The Labute approximate surface area is 214 Å². The number of para-hydroxylation sites is 1. The van der Waals surface area contributed by atoms with E-state index in [9.17, 15) is 9.90 Å². The molecule has 0 aliphatic rings. The van der Waals surface area contributed by atoms with Crippen LogP contribution in [-0.2, 0) is 6.54 Å². The molecule has 9 heteroatoms. The van der Waals surface area contributed by atoms with Crippen LogP contribution in [0.5, 0.6) is 11.5 Å². The number of nitrogens with zero attached hydrogens (tertiary/aromatic N) is 3. The highest BCUT2D eigenvalue weighted by Crippen LogP contribution is 2.33. The van der Waals surface area contributed by atoms with Gasteiger partial charge in [-0.05, 0) is 62.5 Å². The standard InChI is InChI=1S/C27H29FN4O3S/c1-5-32(16-20-15-30-19(4)31-26(20)29)18(3)24(11-12-33)36-27(34)25-17(2)13-22(14-23(25)28)35-21-9-7-6-8-10-21/h5-10,13-15,33H,1,11-12,16H2,2-4H3,(H2,29,30,31)/b24-18-. The summed E-state index contributed by atoms with van der Waals surface area (Å²) in [6.07, 6.45) is 3.45. The number of anilines is 1. The van der Waals surface area contributed by atoms with E-state index in [4.69, 9.17) is 10.5 Å². The van der Waals surface area contributed by atoms with Crippen molar-refractivity contribution in [2.24, 2.45) is 0 Å². The van der Waals surface area contributed by atoms with E-state index in [1.165, 1.54) is 6.07 Å². The topological polar surface area (TPSA) is 102 Å². The van der Waals surface area contributed by atoms with Gasteiger partial charge in [-0.3, -0.25) is 4.79 Å². The smallest absolute Gasteiger partial charge is 0.227 e. The number of carbonyl (C=O) groups excluding carboxylic acids is 1. The molecule has 0 radical (unpaired) electrons. The molecule has 0 atom stereocenters. The van der Waals surface area contributed by atoms with Gasteiger partial charge in [-0.25, -0.2) is 14.4 Å². The highest BCUT2D eigenvalue weighted by molar-refractivity contribution is 8.17. The number of aliphatic hydroxyl groups is 1. The summed E-state index contributed by atoms with van der Waals surface area (Å²) in [4.78, 5) is 23.9. The number of nitrogen functional groups attached to an aromatic ring is 1. The lowest BCUT2D eigenvalue weighted by atomic mass is 10.1. The summed E-state index contributed by atoms with van der Waals surface area (Å²) in [6, 6.07) is 11.8. The van der Waals surface area contributed by atoms with Crippen molar-refractivity contribution in [3.8, 4) is 11.5 Å². The van der Waals surface area contributed by atoms with Gasteiger partial charge in [0.25, 0.3) is 0 Å². The number of thioether (sulfide) groups is 1. The van der Waals surface area contributed by atoms with Crippen LogP contribution in [0.2, 0.25) is 0 Å². The Bertz CT molecular complexity index is 1260. The number of aryl methyl sites for hydroxylation is 2. The fourth-order valence-corrected chi connectivity index (χ4v) is 4.57. The Morgan fingerprint density at radius 1 is 1.25 bits per heavy atom. The lowest BCUT2D eigenvalue weighted by Crippen LogP contribution is -2.18. The highest BCUT2D eigenvalue weighted by Gasteiger charge is 2.21. The second-order valence-corrected chi connectivity index (χ2v) is 9.09. The molecule has 0 unspecified atom stereocenters. The molecule has 36 heavy (non-hydrogen) atoms.